The van der Waals surface area contributed by atoms with Crippen molar-refractivity contribution in [2.75, 3.05) is 19.6 Å². The molecule has 1 saturated heterocycles. The fourth-order valence-corrected chi connectivity index (χ4v) is 6.71. The minimum atomic E-state index is -1.29. The molecule has 0 bridgehead atoms. The smallest absolute Gasteiger partial charge is 0.326 e. The van der Waals surface area contributed by atoms with Gasteiger partial charge in [0.1, 0.15) is 42.3 Å². The van der Waals surface area contributed by atoms with Crippen LogP contribution in [0.25, 0.3) is 0 Å². The summed E-state index contributed by atoms with van der Waals surface area (Å²) in [5, 5.41) is 24.9. The molecule has 1 aliphatic rings. The van der Waals surface area contributed by atoms with Crippen LogP contribution in [-0.4, -0.2) is 131 Å². The van der Waals surface area contributed by atoms with E-state index in [0.29, 0.717) is 32.2 Å². The van der Waals surface area contributed by atoms with Crippen molar-refractivity contribution in [3.05, 3.63) is 35.9 Å². The van der Waals surface area contributed by atoms with Crippen LogP contribution in [0.2, 0.25) is 0 Å². The Morgan fingerprint density at radius 3 is 1.82 bits per heavy atom. The van der Waals surface area contributed by atoms with Gasteiger partial charge in [-0.2, -0.15) is 0 Å². The Kier molecular flexibility index (Phi) is 22.4. The predicted molar refractivity (Wildman–Crippen MR) is 231 cm³/mol. The fraction of sp³-hybridized carbons (Fsp3) is 0.634. The van der Waals surface area contributed by atoms with E-state index in [1.54, 1.807) is 0 Å². The first-order valence-corrected chi connectivity index (χ1v) is 21.2. The molecule has 0 aromatic heterocycles. The molecule has 1 aromatic rings. The van der Waals surface area contributed by atoms with Crippen LogP contribution in [0, 0.1) is 5.92 Å². The number of hydrogen-bond acceptors (Lipinski definition) is 11. The lowest BCUT2D eigenvalue weighted by Crippen LogP contribution is -2.59. The highest BCUT2D eigenvalue weighted by molar-refractivity contribution is 5.97. The maximum Gasteiger partial charge on any atom is 0.326 e. The highest BCUT2D eigenvalue weighted by atomic mass is 16.4. The van der Waals surface area contributed by atoms with E-state index in [9.17, 15) is 43.5 Å². The molecule has 346 valence electrons. The predicted octanol–water partition coefficient (Wildman–Crippen LogP) is -2.17. The summed E-state index contributed by atoms with van der Waals surface area (Å²) in [6.07, 6.45) is 3.05. The van der Waals surface area contributed by atoms with Crippen molar-refractivity contribution < 1.29 is 43.5 Å². The zero-order valence-electron chi connectivity index (χ0n) is 36.5. The number of nitrogens with one attached hydrogen (secondary N) is 6. The number of nitrogens with two attached hydrogens (primary N) is 4. The van der Waals surface area contributed by atoms with E-state index >= 15 is 0 Å². The summed E-state index contributed by atoms with van der Waals surface area (Å²) in [6, 6.07) is 0.587. The fourth-order valence-electron chi connectivity index (χ4n) is 6.71. The summed E-state index contributed by atoms with van der Waals surface area (Å²) < 4.78 is 0. The first-order chi connectivity index (χ1) is 29.2. The normalized spacial score (nSPS) is 16.9. The molecule has 8 atom stereocenters. The number of benzene rings is 1. The van der Waals surface area contributed by atoms with Gasteiger partial charge in [-0.25, -0.2) is 4.79 Å². The monoisotopic (exact) mass is 873 g/mol. The first-order valence-electron chi connectivity index (χ1n) is 21.2. The number of aliphatic imine (C=N–C) groups is 1. The van der Waals surface area contributed by atoms with Crippen molar-refractivity contribution in [3.63, 3.8) is 0 Å². The second-order valence-electron chi connectivity index (χ2n) is 16.1. The number of rotatable bonds is 26. The lowest BCUT2D eigenvalue weighted by atomic mass is 10.0. The Morgan fingerprint density at radius 2 is 1.27 bits per heavy atom. The van der Waals surface area contributed by atoms with Crippen molar-refractivity contribution in [2.24, 2.45) is 33.8 Å². The molecule has 21 heteroatoms. The molecule has 0 radical (unpaired) electrons. The molecule has 1 heterocycles. The van der Waals surface area contributed by atoms with Crippen molar-refractivity contribution in [1.82, 2.24) is 36.8 Å². The number of likely N-dealkylation sites (tertiary alicyclic amines) is 1. The molecule has 1 fully saturated rings. The van der Waals surface area contributed by atoms with Gasteiger partial charge in [-0.15, -0.1) is 0 Å². The maximum atomic E-state index is 14.0. The van der Waals surface area contributed by atoms with Gasteiger partial charge >= 0.3 is 5.97 Å². The summed E-state index contributed by atoms with van der Waals surface area (Å²) in [4.78, 5) is 110. The molecular formula is C41H68N12O9. The largest absolute Gasteiger partial charge is 0.480 e. The van der Waals surface area contributed by atoms with Gasteiger partial charge in [0.2, 0.25) is 41.4 Å². The van der Waals surface area contributed by atoms with Crippen LogP contribution in [0.1, 0.15) is 91.5 Å². The van der Waals surface area contributed by atoms with Gasteiger partial charge in [-0.3, -0.25) is 38.6 Å². The van der Waals surface area contributed by atoms with Crippen molar-refractivity contribution in [3.8, 4) is 0 Å². The van der Waals surface area contributed by atoms with Crippen LogP contribution >= 0.6 is 0 Å². The van der Waals surface area contributed by atoms with E-state index < -0.39 is 95.7 Å². The second-order valence-corrected chi connectivity index (χ2v) is 16.1. The summed E-state index contributed by atoms with van der Waals surface area (Å²) in [5.41, 5.74) is 23.3. The third-order valence-corrected chi connectivity index (χ3v) is 10.2. The van der Waals surface area contributed by atoms with E-state index in [4.69, 9.17) is 22.9 Å². The Bertz CT molecular complexity index is 1710. The molecule has 62 heavy (non-hydrogen) atoms. The van der Waals surface area contributed by atoms with Gasteiger partial charge in [0, 0.05) is 13.1 Å². The first kappa shape index (κ1) is 52.3. The van der Waals surface area contributed by atoms with Gasteiger partial charge in [-0.05, 0) is 96.6 Å². The van der Waals surface area contributed by atoms with Crippen molar-refractivity contribution in [2.45, 2.75) is 141 Å². The highest BCUT2D eigenvalue weighted by Crippen LogP contribution is 2.21. The summed E-state index contributed by atoms with van der Waals surface area (Å²) in [5.74, 6) is -5.95. The van der Waals surface area contributed by atoms with Crippen LogP contribution in [0.3, 0.4) is 0 Å². The molecule has 0 saturated carbocycles. The van der Waals surface area contributed by atoms with Gasteiger partial charge in [0.25, 0.3) is 0 Å². The minimum Gasteiger partial charge on any atom is -0.480 e. The molecule has 1 aromatic carbocycles. The Balaban J connectivity index is 2.03. The molecule has 2 rings (SSSR count). The maximum absolute atomic E-state index is 14.0. The van der Waals surface area contributed by atoms with E-state index in [1.807, 2.05) is 44.2 Å². The number of carboxylic acid groups (broad SMARTS) is 1. The number of hydrogen-bond donors (Lipinski definition) is 11. The number of carbonyl (C=O) groups is 8. The highest BCUT2D eigenvalue weighted by Gasteiger charge is 2.39. The molecule has 15 N–H and O–H groups in total. The Labute approximate surface area is 363 Å². The molecule has 1 aliphatic heterocycles. The number of nitrogens with zero attached hydrogens (tertiary/aromatic N) is 2. The molecule has 21 nitrogen and oxygen atoms in total. The lowest BCUT2D eigenvalue weighted by Gasteiger charge is -2.31. The summed E-state index contributed by atoms with van der Waals surface area (Å²) in [6.45, 7) is 8.61. The second kappa shape index (κ2) is 26.5. The topological polar surface area (TPSA) is 349 Å². The quantitative estimate of drug-likeness (QED) is 0.0269. The van der Waals surface area contributed by atoms with E-state index in [2.05, 4.69) is 36.9 Å². The van der Waals surface area contributed by atoms with Crippen LogP contribution in [0.5, 0.6) is 0 Å². The number of aliphatic carboxylic acids is 1. The average molecular weight is 873 g/mol. The van der Waals surface area contributed by atoms with Crippen LogP contribution < -0.4 is 54.8 Å². The standard InChI is InChI=1S/C41H68N12O9/c1-23(2)21-31(37(58)49-25(4)34(55)47-24(3)33(54)48-26(5)35(56)51-30(40(61)62)16-11-19-46-41(44)45)52-38(59)32-17-12-20-53(32)39(60)29(15-9-10-18-42)50-36(57)28(43)22-27-13-7-6-8-14-27/h6-8,13-14,23-26,28-32H,9-12,15-22,42-43H2,1-5H3,(H,47,55)(H,48,54)(H,49,58)(H,50,57)(H,51,56)(H,52,59)(H,61,62)(H4,44,45,46)/t24-,25-,26-,28-,29-,30-,31-,32-/m0/s1. The summed E-state index contributed by atoms with van der Waals surface area (Å²) in [7, 11) is 0. The van der Waals surface area contributed by atoms with E-state index in [1.165, 1.54) is 25.7 Å². The van der Waals surface area contributed by atoms with Gasteiger partial charge < -0.3 is 64.8 Å². The van der Waals surface area contributed by atoms with Crippen LogP contribution in [0.4, 0.5) is 0 Å². The molecule has 0 unspecified atom stereocenters. The zero-order valence-corrected chi connectivity index (χ0v) is 36.5. The van der Waals surface area contributed by atoms with Crippen LogP contribution in [0.15, 0.2) is 35.3 Å². The number of carboxylic acids is 1. The van der Waals surface area contributed by atoms with Crippen molar-refractivity contribution in [1.29, 1.82) is 0 Å². The molecule has 0 spiro atoms. The van der Waals surface area contributed by atoms with Crippen LogP contribution in [-0.2, 0) is 44.8 Å². The number of unbranched alkanes of at least 4 members (excludes halogenated alkanes) is 1. The third kappa shape index (κ3) is 18.0. The van der Waals surface area contributed by atoms with E-state index in [-0.39, 0.29) is 57.1 Å². The number of carbonyl (C=O) groups excluding carboxylic acids is 7. The lowest BCUT2D eigenvalue weighted by molar-refractivity contribution is -0.142. The van der Waals surface area contributed by atoms with E-state index in [0.717, 1.165) is 5.56 Å². The molecule has 0 aliphatic carbocycles. The Hall–Kier alpha value is -5.83. The Morgan fingerprint density at radius 1 is 0.726 bits per heavy atom. The minimum absolute atomic E-state index is 0.0262. The average Bonchev–Trinajstić information content (AvgIpc) is 3.71. The third-order valence-electron chi connectivity index (χ3n) is 10.2. The van der Waals surface area contributed by atoms with Gasteiger partial charge in [-0.1, -0.05) is 44.2 Å². The number of amides is 7. The van der Waals surface area contributed by atoms with Gasteiger partial charge in [0.15, 0.2) is 5.96 Å². The summed E-state index contributed by atoms with van der Waals surface area (Å²) >= 11 is 0. The van der Waals surface area contributed by atoms with Crippen molar-refractivity contribution >= 4 is 53.3 Å². The SMILES string of the molecule is CC(C)C[C@H](NC(=O)[C@@H]1CCCN1C(=O)[C@H](CCCCN)NC(=O)[C@@H](N)Cc1ccccc1)C(=O)N[C@@H](C)C(=O)N[C@@H](C)C(=O)N[C@@H](C)C(=O)N[C@@H](CCCN=C(N)N)C(=O)O. The molecular weight excluding hydrogens is 805 g/mol. The number of guanidine groups is 1. The molecule has 7 amide bonds. The van der Waals surface area contributed by atoms with Gasteiger partial charge in [0.05, 0.1) is 6.04 Å². The zero-order chi connectivity index (χ0) is 46.5.